The first kappa shape index (κ1) is 28.0. The van der Waals surface area contributed by atoms with Crippen LogP contribution in [0.15, 0.2) is 72.9 Å². The second-order valence-corrected chi connectivity index (χ2v) is 10.0. The van der Waals surface area contributed by atoms with Gasteiger partial charge in [0.05, 0.1) is 0 Å². The van der Waals surface area contributed by atoms with Crippen molar-refractivity contribution in [3.05, 3.63) is 89.9 Å². The van der Waals surface area contributed by atoms with Crippen LogP contribution in [-0.2, 0) is 14.4 Å². The molecule has 1 fully saturated rings. The van der Waals surface area contributed by atoms with Crippen molar-refractivity contribution in [3.8, 4) is 0 Å². The van der Waals surface area contributed by atoms with Gasteiger partial charge in [0.15, 0.2) is 0 Å². The molecule has 0 saturated heterocycles. The highest BCUT2D eigenvalue weighted by Crippen LogP contribution is 2.31. The Morgan fingerprint density at radius 2 is 1.74 bits per heavy atom. The van der Waals surface area contributed by atoms with Gasteiger partial charge in [0, 0.05) is 30.8 Å². The summed E-state index contributed by atoms with van der Waals surface area (Å²) >= 11 is 0. The van der Waals surface area contributed by atoms with E-state index in [1.165, 1.54) is 23.1 Å². The van der Waals surface area contributed by atoms with Crippen LogP contribution in [0.4, 0.5) is 15.9 Å². The van der Waals surface area contributed by atoms with Gasteiger partial charge in [-0.05, 0) is 62.1 Å². The fourth-order valence-electron chi connectivity index (χ4n) is 4.92. The van der Waals surface area contributed by atoms with E-state index in [4.69, 9.17) is 0 Å². The number of amides is 3. The smallest absolute Gasteiger partial charge is 0.248 e. The highest BCUT2D eigenvalue weighted by molar-refractivity contribution is 6.01. The van der Waals surface area contributed by atoms with Crippen LogP contribution in [0.1, 0.15) is 68.5 Å². The van der Waals surface area contributed by atoms with Gasteiger partial charge >= 0.3 is 0 Å². The number of pyridine rings is 1. The third-order valence-electron chi connectivity index (χ3n) is 6.93. The van der Waals surface area contributed by atoms with Gasteiger partial charge in [0.2, 0.25) is 17.7 Å². The molecule has 8 heteroatoms. The number of aryl methyl sites for hydroxylation is 1. The second-order valence-electron chi connectivity index (χ2n) is 10.0. The van der Waals surface area contributed by atoms with Gasteiger partial charge in [-0.25, -0.2) is 9.37 Å². The fraction of sp³-hybridized carbons (Fsp3) is 0.355. The maximum absolute atomic E-state index is 14.4. The summed E-state index contributed by atoms with van der Waals surface area (Å²) in [6.45, 7) is 1.95. The molecule has 1 aliphatic rings. The van der Waals surface area contributed by atoms with E-state index in [0.717, 1.165) is 37.7 Å². The summed E-state index contributed by atoms with van der Waals surface area (Å²) in [4.78, 5) is 45.4. The molecule has 1 saturated carbocycles. The molecule has 3 amide bonds. The zero-order valence-electron chi connectivity index (χ0n) is 22.2. The van der Waals surface area contributed by atoms with E-state index in [9.17, 15) is 18.8 Å². The molecule has 0 aliphatic heterocycles. The minimum Gasteiger partial charge on any atom is -0.351 e. The van der Waals surface area contributed by atoms with Crippen LogP contribution in [0.2, 0.25) is 0 Å². The SMILES string of the molecule is Cc1ccc([C@H](C(=O)NC2CCCCC2)N(C(=O)CCCC(=O)Nc2ccccn2)c2cccc(F)c2)cc1. The van der Waals surface area contributed by atoms with Crippen molar-refractivity contribution >= 4 is 29.2 Å². The Kier molecular flexibility index (Phi) is 9.78. The lowest BCUT2D eigenvalue weighted by Crippen LogP contribution is -2.47. The molecule has 2 N–H and O–H groups in total. The van der Waals surface area contributed by atoms with E-state index in [-0.39, 0.29) is 43.0 Å². The monoisotopic (exact) mass is 530 g/mol. The molecule has 1 aliphatic carbocycles. The average Bonchev–Trinajstić information content (AvgIpc) is 2.93. The summed E-state index contributed by atoms with van der Waals surface area (Å²) in [6.07, 6.45) is 6.98. The summed E-state index contributed by atoms with van der Waals surface area (Å²) in [5, 5.41) is 5.87. The Labute approximate surface area is 228 Å². The predicted octanol–water partition coefficient (Wildman–Crippen LogP) is 5.86. The van der Waals surface area contributed by atoms with Gasteiger partial charge in [-0.2, -0.15) is 0 Å². The van der Waals surface area contributed by atoms with E-state index in [1.807, 2.05) is 31.2 Å². The molecule has 7 nitrogen and oxygen atoms in total. The summed E-state index contributed by atoms with van der Waals surface area (Å²) in [6, 6.07) is 17.4. The lowest BCUT2D eigenvalue weighted by molar-refractivity contribution is -0.127. The molecule has 4 rings (SSSR count). The van der Waals surface area contributed by atoms with Crippen molar-refractivity contribution in [2.45, 2.75) is 70.4 Å². The van der Waals surface area contributed by atoms with Crippen LogP contribution in [0, 0.1) is 12.7 Å². The molecule has 1 atom stereocenters. The van der Waals surface area contributed by atoms with Gasteiger partial charge in [0.1, 0.15) is 17.7 Å². The average molecular weight is 531 g/mol. The molecular formula is C31H35FN4O3. The Morgan fingerprint density at radius 3 is 2.44 bits per heavy atom. The van der Waals surface area contributed by atoms with Crippen LogP contribution < -0.4 is 15.5 Å². The highest BCUT2D eigenvalue weighted by atomic mass is 19.1. The number of hydrogen-bond donors (Lipinski definition) is 2. The van der Waals surface area contributed by atoms with Crippen LogP contribution in [0.5, 0.6) is 0 Å². The van der Waals surface area contributed by atoms with Gasteiger partial charge in [0.25, 0.3) is 0 Å². The van der Waals surface area contributed by atoms with Crippen molar-refractivity contribution in [1.82, 2.24) is 10.3 Å². The topological polar surface area (TPSA) is 91.4 Å². The summed E-state index contributed by atoms with van der Waals surface area (Å²) in [5.41, 5.74) is 1.95. The molecular weight excluding hydrogens is 495 g/mol. The first-order valence-electron chi connectivity index (χ1n) is 13.6. The number of anilines is 2. The number of nitrogens with zero attached hydrogens (tertiary/aromatic N) is 2. The maximum Gasteiger partial charge on any atom is 0.248 e. The molecule has 1 aromatic heterocycles. The molecule has 0 bridgehead atoms. The van der Waals surface area contributed by atoms with Gasteiger partial charge < -0.3 is 10.6 Å². The maximum atomic E-state index is 14.4. The Bertz CT molecular complexity index is 1260. The van der Waals surface area contributed by atoms with Crippen molar-refractivity contribution < 1.29 is 18.8 Å². The van der Waals surface area contributed by atoms with Crippen LogP contribution in [0.25, 0.3) is 0 Å². The van der Waals surface area contributed by atoms with E-state index >= 15 is 0 Å². The van der Waals surface area contributed by atoms with Crippen molar-refractivity contribution in [1.29, 1.82) is 0 Å². The molecule has 0 radical (unpaired) electrons. The first-order chi connectivity index (χ1) is 18.9. The zero-order chi connectivity index (χ0) is 27.6. The van der Waals surface area contributed by atoms with Crippen molar-refractivity contribution in [3.63, 3.8) is 0 Å². The van der Waals surface area contributed by atoms with Crippen LogP contribution in [0.3, 0.4) is 0 Å². The minimum atomic E-state index is -0.982. The number of nitrogens with one attached hydrogen (secondary N) is 2. The van der Waals surface area contributed by atoms with E-state index in [1.54, 1.807) is 30.5 Å². The zero-order valence-corrected chi connectivity index (χ0v) is 22.2. The summed E-state index contributed by atoms with van der Waals surface area (Å²) in [7, 11) is 0. The largest absolute Gasteiger partial charge is 0.351 e. The predicted molar refractivity (Wildman–Crippen MR) is 150 cm³/mol. The van der Waals surface area contributed by atoms with Crippen molar-refractivity contribution in [2.75, 3.05) is 10.2 Å². The number of halogens is 1. The van der Waals surface area contributed by atoms with E-state index < -0.39 is 11.9 Å². The molecule has 0 unspecified atom stereocenters. The Morgan fingerprint density at radius 1 is 0.974 bits per heavy atom. The molecule has 3 aromatic rings. The molecule has 204 valence electrons. The second kappa shape index (κ2) is 13.6. The van der Waals surface area contributed by atoms with Gasteiger partial charge in [-0.3, -0.25) is 19.3 Å². The van der Waals surface area contributed by atoms with E-state index in [0.29, 0.717) is 17.1 Å². The van der Waals surface area contributed by atoms with Gasteiger partial charge in [-0.15, -0.1) is 0 Å². The van der Waals surface area contributed by atoms with Crippen LogP contribution in [-0.4, -0.2) is 28.7 Å². The standard InChI is InChI=1S/C31H35FN4O3/c1-22-16-18-23(19-17-22)30(31(39)34-25-10-3-2-4-11-25)36(26-12-7-9-24(32)21-26)29(38)15-8-14-28(37)35-27-13-5-6-20-33-27/h5-7,9,12-13,16-21,25,30H,2-4,8,10-11,14-15H2,1H3,(H,34,39)(H,33,35,37)/t30-/m1/s1. The number of benzene rings is 2. The molecule has 1 heterocycles. The number of rotatable bonds is 10. The van der Waals surface area contributed by atoms with E-state index in [2.05, 4.69) is 15.6 Å². The Balaban J connectivity index is 1.57. The fourth-order valence-corrected chi connectivity index (χ4v) is 4.92. The summed E-state index contributed by atoms with van der Waals surface area (Å²) < 4.78 is 14.4. The molecule has 0 spiro atoms. The first-order valence-corrected chi connectivity index (χ1v) is 13.6. The third kappa shape index (κ3) is 7.96. The number of carbonyl (C=O) groups excluding carboxylic acids is 3. The highest BCUT2D eigenvalue weighted by Gasteiger charge is 2.34. The number of carbonyl (C=O) groups is 3. The molecule has 2 aromatic carbocycles. The van der Waals surface area contributed by atoms with Crippen molar-refractivity contribution in [2.24, 2.45) is 0 Å². The normalized spacial score (nSPS) is 14.3. The molecule has 39 heavy (non-hydrogen) atoms. The lowest BCUT2D eigenvalue weighted by Gasteiger charge is -2.33. The number of aromatic nitrogens is 1. The van der Waals surface area contributed by atoms with Crippen LogP contribution >= 0.6 is 0 Å². The quantitative estimate of drug-likeness (QED) is 0.343. The lowest BCUT2D eigenvalue weighted by atomic mass is 9.94. The number of hydrogen-bond acceptors (Lipinski definition) is 4. The summed E-state index contributed by atoms with van der Waals surface area (Å²) in [5.74, 6) is -0.986. The third-order valence-corrected chi connectivity index (χ3v) is 6.93. The van der Waals surface area contributed by atoms with Gasteiger partial charge in [-0.1, -0.05) is 61.2 Å². The minimum absolute atomic E-state index is 0.00518. The Hall–Kier alpha value is -4.07.